The third-order valence-electron chi connectivity index (χ3n) is 3.41. The summed E-state index contributed by atoms with van der Waals surface area (Å²) in [6.07, 6.45) is 0. The van der Waals surface area contributed by atoms with Gasteiger partial charge in [-0.15, -0.1) is 11.3 Å². The van der Waals surface area contributed by atoms with Crippen LogP contribution < -0.4 is 0 Å². The van der Waals surface area contributed by atoms with Crippen molar-refractivity contribution < 1.29 is 8.39 Å². The van der Waals surface area contributed by atoms with Crippen molar-refractivity contribution in [1.29, 1.82) is 5.26 Å². The minimum atomic E-state index is -1.50. The van der Waals surface area contributed by atoms with Gasteiger partial charge in [0.15, 0.2) is 0 Å². The number of hydrogen-bond donors (Lipinski definition) is 0. The maximum Gasteiger partial charge on any atom is 0.416 e. The predicted molar refractivity (Wildman–Crippen MR) is 80.5 cm³/mol. The molecule has 100 valence electrons. The molecule has 0 aliphatic carbocycles. The van der Waals surface area contributed by atoms with Crippen LogP contribution in [0.3, 0.4) is 0 Å². The minimum absolute atomic E-state index is 0.113. The summed E-state index contributed by atoms with van der Waals surface area (Å²) < 4.78 is 16.6. The maximum absolute atomic E-state index is 11.5. The molecular formula is C13H11BN2O2S2. The Morgan fingerprint density at radius 2 is 2.25 bits per heavy atom. The molecule has 1 aromatic heterocycles. The van der Waals surface area contributed by atoms with Gasteiger partial charge in [0.05, 0.1) is 22.7 Å². The van der Waals surface area contributed by atoms with E-state index in [2.05, 4.69) is 11.0 Å². The fourth-order valence-corrected chi connectivity index (χ4v) is 4.13. The van der Waals surface area contributed by atoms with E-state index >= 15 is 0 Å². The fourth-order valence-electron chi connectivity index (χ4n) is 2.30. The Morgan fingerprint density at radius 3 is 2.85 bits per heavy atom. The molecule has 4 nitrogen and oxygen atoms in total. The monoisotopic (exact) mass is 302 g/mol. The van der Waals surface area contributed by atoms with Gasteiger partial charge in [0.1, 0.15) is 10.9 Å². The summed E-state index contributed by atoms with van der Waals surface area (Å²) in [4.78, 5) is 5.40. The Kier molecular flexibility index (Phi) is 3.70. The first-order chi connectivity index (χ1) is 9.70. The zero-order valence-corrected chi connectivity index (χ0v) is 12.4. The normalized spacial score (nSPS) is 21.9. The van der Waals surface area contributed by atoms with Crippen LogP contribution in [0.15, 0.2) is 29.8 Å². The summed E-state index contributed by atoms with van der Waals surface area (Å²) in [5.41, 5.74) is 4.96. The van der Waals surface area contributed by atoms with Gasteiger partial charge in [-0.25, -0.2) is 14.5 Å². The molecule has 0 saturated carbocycles. The Labute approximate surface area is 124 Å². The second-order valence-electron chi connectivity index (χ2n) is 4.59. The van der Waals surface area contributed by atoms with Gasteiger partial charge in [-0.1, -0.05) is 24.3 Å². The smallest absolute Gasteiger partial charge is 0.299 e. The zero-order chi connectivity index (χ0) is 14.1. The van der Waals surface area contributed by atoms with Gasteiger partial charge >= 0.3 is 5.99 Å². The average molecular weight is 302 g/mol. The summed E-state index contributed by atoms with van der Waals surface area (Å²) in [5, 5.41) is 9.08. The number of rotatable bonds is 2. The molecule has 7 heteroatoms. The molecule has 2 unspecified atom stereocenters. The van der Waals surface area contributed by atoms with Gasteiger partial charge in [0.2, 0.25) is 0 Å². The zero-order valence-electron chi connectivity index (χ0n) is 10.8. The molecule has 1 aromatic carbocycles. The first-order valence-corrected chi connectivity index (χ1v) is 8.16. The van der Waals surface area contributed by atoms with E-state index in [1.165, 1.54) is 0 Å². The fraction of sp³-hybridized carbons (Fsp3) is 0.231. The first-order valence-electron chi connectivity index (χ1n) is 6.14. The molecule has 0 bridgehead atoms. The first kappa shape index (κ1) is 13.5. The van der Waals surface area contributed by atoms with E-state index in [0.29, 0.717) is 6.61 Å². The highest BCUT2D eigenvalue weighted by Gasteiger charge is 2.41. The van der Waals surface area contributed by atoms with Crippen molar-refractivity contribution in [1.82, 2.24) is 4.98 Å². The molecule has 0 N–H and O–H groups in total. The van der Waals surface area contributed by atoms with E-state index in [0.717, 1.165) is 21.7 Å². The highest BCUT2D eigenvalue weighted by molar-refractivity contribution is 8.11. The lowest BCUT2D eigenvalue weighted by Crippen LogP contribution is -2.21. The SMILES string of the molecule is Cc1ncsc1-c1ccc(C2COS(=O)B2C#N)cc1. The van der Waals surface area contributed by atoms with Crippen LogP contribution in [0.1, 0.15) is 17.1 Å². The average Bonchev–Trinajstić information content (AvgIpc) is 3.05. The van der Waals surface area contributed by atoms with Gasteiger partial charge in [-0.3, -0.25) is 4.18 Å². The van der Waals surface area contributed by atoms with E-state index < -0.39 is 16.9 Å². The van der Waals surface area contributed by atoms with E-state index in [1.54, 1.807) is 11.3 Å². The molecule has 3 rings (SSSR count). The lowest BCUT2D eigenvalue weighted by Gasteiger charge is -2.09. The standard InChI is InChI=1S/C13H11BN2O2S2/c1-9-13(19-8-16-9)11-4-2-10(3-5-11)12-6-18-20(17)14(12)7-15/h2-5,8,12H,6H2,1H3. The van der Waals surface area contributed by atoms with E-state index in [9.17, 15) is 4.21 Å². The Hall–Kier alpha value is -1.49. The largest absolute Gasteiger partial charge is 0.416 e. The van der Waals surface area contributed by atoms with Gasteiger partial charge in [0.25, 0.3) is 0 Å². The third kappa shape index (κ3) is 2.31. The molecule has 0 radical (unpaired) electrons. The molecule has 1 saturated heterocycles. The maximum atomic E-state index is 11.5. The molecule has 1 fully saturated rings. The van der Waals surface area contributed by atoms with Gasteiger partial charge < -0.3 is 0 Å². The molecule has 20 heavy (non-hydrogen) atoms. The van der Waals surface area contributed by atoms with Crippen molar-refractivity contribution >= 4 is 28.3 Å². The number of aromatic nitrogens is 1. The Bertz CT molecular complexity index is 693. The van der Waals surface area contributed by atoms with Crippen LogP contribution in [0.2, 0.25) is 0 Å². The number of nitriles is 1. The number of nitrogens with zero attached hydrogens (tertiary/aromatic N) is 2. The highest BCUT2D eigenvalue weighted by Crippen LogP contribution is 2.31. The van der Waals surface area contributed by atoms with Crippen molar-refractivity contribution in [2.24, 2.45) is 0 Å². The van der Waals surface area contributed by atoms with Crippen LogP contribution in [0.5, 0.6) is 0 Å². The van der Waals surface area contributed by atoms with Crippen LogP contribution >= 0.6 is 11.3 Å². The summed E-state index contributed by atoms with van der Waals surface area (Å²) in [7, 11) is -1.50. The number of thiazole rings is 1. The molecule has 2 heterocycles. The predicted octanol–water partition coefficient (Wildman–Crippen LogP) is 2.49. The number of hydrogen-bond acceptors (Lipinski definition) is 5. The van der Waals surface area contributed by atoms with Crippen LogP contribution in [-0.2, 0) is 15.1 Å². The topological polar surface area (TPSA) is 63.0 Å². The molecule has 2 aromatic rings. The van der Waals surface area contributed by atoms with Crippen molar-refractivity contribution in [3.05, 3.63) is 41.0 Å². The molecule has 1 aliphatic heterocycles. The molecule has 0 spiro atoms. The summed E-state index contributed by atoms with van der Waals surface area (Å²) in [6.45, 7) is 2.32. The Morgan fingerprint density at radius 1 is 1.50 bits per heavy atom. The van der Waals surface area contributed by atoms with Crippen LogP contribution in [0, 0.1) is 18.2 Å². The van der Waals surface area contributed by atoms with E-state index in [-0.39, 0.29) is 5.82 Å². The highest BCUT2D eigenvalue weighted by atomic mass is 32.2. The van der Waals surface area contributed by atoms with Crippen molar-refractivity contribution in [3.63, 3.8) is 0 Å². The second kappa shape index (κ2) is 5.48. The summed E-state index contributed by atoms with van der Waals surface area (Å²) in [5.74, 6) is 1.39. The Balaban J connectivity index is 1.89. The summed E-state index contributed by atoms with van der Waals surface area (Å²) in [6, 6.07) is 8.00. The molecule has 1 aliphatic rings. The van der Waals surface area contributed by atoms with Crippen molar-refractivity contribution in [3.8, 4) is 16.4 Å². The van der Waals surface area contributed by atoms with Crippen LogP contribution in [0.25, 0.3) is 10.4 Å². The third-order valence-corrected chi connectivity index (χ3v) is 5.60. The van der Waals surface area contributed by atoms with E-state index in [4.69, 9.17) is 9.44 Å². The molecular weight excluding hydrogens is 291 g/mol. The van der Waals surface area contributed by atoms with Crippen molar-refractivity contribution in [2.75, 3.05) is 6.61 Å². The van der Waals surface area contributed by atoms with Gasteiger partial charge in [0, 0.05) is 11.8 Å². The molecule has 2 atom stereocenters. The minimum Gasteiger partial charge on any atom is -0.299 e. The van der Waals surface area contributed by atoms with Gasteiger partial charge in [-0.2, -0.15) is 0 Å². The van der Waals surface area contributed by atoms with Crippen LogP contribution in [0.4, 0.5) is 0 Å². The lowest BCUT2D eigenvalue weighted by atomic mass is 9.61. The lowest BCUT2D eigenvalue weighted by molar-refractivity contribution is 0.367. The van der Waals surface area contributed by atoms with Crippen molar-refractivity contribution in [2.45, 2.75) is 12.7 Å². The van der Waals surface area contributed by atoms with E-state index in [1.807, 2.05) is 36.7 Å². The second-order valence-corrected chi connectivity index (χ2v) is 6.71. The summed E-state index contributed by atoms with van der Waals surface area (Å²) >= 11 is 1.61. The van der Waals surface area contributed by atoms with Gasteiger partial charge in [-0.05, 0) is 18.1 Å². The van der Waals surface area contributed by atoms with Crippen LogP contribution in [-0.4, -0.2) is 21.8 Å². The quantitative estimate of drug-likeness (QED) is 0.800. The molecule has 0 amide bonds. The number of benzene rings is 1. The number of aryl methyl sites for hydroxylation is 1.